The molecule has 238 valence electrons. The number of fused-ring (bicyclic) bond motifs is 5. The zero-order valence-electron chi connectivity index (χ0n) is 25.8. The molecular weight excluding hydrogens is 602 g/mol. The molecule has 1 saturated carbocycles. The Balaban J connectivity index is 1.34. The van der Waals surface area contributed by atoms with Gasteiger partial charge in [0.2, 0.25) is 0 Å². The predicted molar refractivity (Wildman–Crippen MR) is 176 cm³/mol. The molecule has 7 rings (SSSR count). The van der Waals surface area contributed by atoms with Crippen molar-refractivity contribution >= 4 is 38.8 Å². The first-order valence-electron chi connectivity index (χ1n) is 15.9. The molecule has 46 heavy (non-hydrogen) atoms. The van der Waals surface area contributed by atoms with Crippen LogP contribution < -0.4 is 9.46 Å². The minimum atomic E-state index is -4.12. The Kier molecular flexibility index (Phi) is 8.16. The highest BCUT2D eigenvalue weighted by atomic mass is 32.2. The van der Waals surface area contributed by atoms with Crippen LogP contribution >= 0.6 is 0 Å². The first kappa shape index (κ1) is 30.3. The number of carbonyl (C=O) groups is 2. The summed E-state index contributed by atoms with van der Waals surface area (Å²) >= 11 is 0. The van der Waals surface area contributed by atoms with Gasteiger partial charge in [0, 0.05) is 40.7 Å². The van der Waals surface area contributed by atoms with Gasteiger partial charge >= 0.3 is 0 Å². The van der Waals surface area contributed by atoms with Crippen molar-refractivity contribution in [1.29, 1.82) is 0 Å². The second-order valence-electron chi connectivity index (χ2n) is 12.2. The molecule has 2 aliphatic heterocycles. The fraction of sp³-hybridized carbons (Fsp3) is 0.333. The van der Waals surface area contributed by atoms with E-state index < -0.39 is 15.9 Å². The van der Waals surface area contributed by atoms with Crippen molar-refractivity contribution in [1.82, 2.24) is 14.2 Å². The van der Waals surface area contributed by atoms with Crippen molar-refractivity contribution in [3.05, 3.63) is 89.0 Å². The van der Waals surface area contributed by atoms with E-state index in [0.29, 0.717) is 50.1 Å². The van der Waals surface area contributed by atoms with Gasteiger partial charge in [0.1, 0.15) is 5.75 Å². The first-order chi connectivity index (χ1) is 22.3. The topological polar surface area (TPSA) is 107 Å². The van der Waals surface area contributed by atoms with Crippen LogP contribution in [0, 0.1) is 0 Å². The molecule has 1 saturated heterocycles. The predicted octanol–water partition coefficient (Wildman–Crippen LogP) is 5.74. The van der Waals surface area contributed by atoms with E-state index in [1.54, 1.807) is 12.1 Å². The molecule has 0 radical (unpaired) electrons. The van der Waals surface area contributed by atoms with E-state index in [2.05, 4.69) is 21.4 Å². The summed E-state index contributed by atoms with van der Waals surface area (Å²) in [4.78, 5) is 29.3. The quantitative estimate of drug-likeness (QED) is 0.289. The van der Waals surface area contributed by atoms with Gasteiger partial charge in [-0.25, -0.2) is 13.1 Å². The first-order valence-corrected chi connectivity index (χ1v) is 17.4. The normalized spacial score (nSPS) is 17.1. The number of rotatable bonds is 6. The number of nitrogens with zero attached hydrogens (tertiary/aromatic N) is 2. The second-order valence-corrected chi connectivity index (χ2v) is 13.9. The van der Waals surface area contributed by atoms with Gasteiger partial charge < -0.3 is 18.9 Å². The lowest BCUT2D eigenvalue weighted by atomic mass is 9.81. The lowest BCUT2D eigenvalue weighted by Gasteiger charge is -2.28. The van der Waals surface area contributed by atoms with Crippen LogP contribution in [-0.4, -0.2) is 63.1 Å². The van der Waals surface area contributed by atoms with Crippen LogP contribution in [0.3, 0.4) is 0 Å². The van der Waals surface area contributed by atoms with E-state index in [-0.39, 0.29) is 16.4 Å². The molecule has 0 atom stereocenters. The van der Waals surface area contributed by atoms with Gasteiger partial charge in [-0.1, -0.05) is 49.6 Å². The number of sulfonamides is 1. The molecule has 1 N–H and O–H groups in total. The fourth-order valence-electron chi connectivity index (χ4n) is 7.11. The molecule has 3 aliphatic rings. The molecule has 9 nitrogen and oxygen atoms in total. The lowest BCUT2D eigenvalue weighted by molar-refractivity contribution is -0.131. The van der Waals surface area contributed by atoms with E-state index >= 15 is 0 Å². The molecule has 0 unspecified atom stereocenters. The Morgan fingerprint density at radius 1 is 0.935 bits per heavy atom. The monoisotopic (exact) mass is 639 g/mol. The maximum Gasteiger partial charge on any atom is 0.265 e. The largest absolute Gasteiger partial charge is 0.497 e. The number of amides is 2. The standard InChI is InChI=1S/C36H37N3O6S/c1-44-28-12-14-29(15-13-28)46(42,43)37-35(40)26-11-16-31-32(22-26)39-23-27(36(41)38-17-19-45-20-18-38)21-25-9-5-6-10-30(25)34(39)33(31)24-7-3-2-4-8-24/h5-6,9-16,21-22,24H,2-4,7-8,17-20,23H2,1H3,(H,37,40). The highest BCUT2D eigenvalue weighted by Gasteiger charge is 2.32. The molecule has 3 aromatic carbocycles. The Bertz CT molecular complexity index is 1950. The number of carbonyl (C=O) groups excluding carboxylic acids is 2. The average molecular weight is 640 g/mol. The summed E-state index contributed by atoms with van der Waals surface area (Å²) in [6, 6.07) is 19.5. The van der Waals surface area contributed by atoms with Crippen molar-refractivity contribution in [2.75, 3.05) is 33.4 Å². The zero-order valence-corrected chi connectivity index (χ0v) is 26.6. The lowest BCUT2D eigenvalue weighted by Crippen LogP contribution is -2.41. The van der Waals surface area contributed by atoms with Gasteiger partial charge in [-0.3, -0.25) is 9.59 Å². The Morgan fingerprint density at radius 3 is 2.41 bits per heavy atom. The van der Waals surface area contributed by atoms with Gasteiger partial charge in [0.15, 0.2) is 0 Å². The molecular formula is C36H37N3O6S. The molecule has 3 heterocycles. The SMILES string of the molecule is COc1ccc(S(=O)(=O)NC(=O)c2ccc3c(C4CCCCC4)c4n(c3c2)CC(C(=O)N2CCOCC2)=Cc2ccccc2-4)cc1. The minimum Gasteiger partial charge on any atom is -0.497 e. The summed E-state index contributed by atoms with van der Waals surface area (Å²) in [5.74, 6) is 0.112. The summed E-state index contributed by atoms with van der Waals surface area (Å²) in [5.41, 5.74) is 6.05. The van der Waals surface area contributed by atoms with Gasteiger partial charge in [-0.15, -0.1) is 0 Å². The van der Waals surface area contributed by atoms with Gasteiger partial charge in [0.25, 0.3) is 21.8 Å². The third kappa shape index (κ3) is 5.60. The van der Waals surface area contributed by atoms with Gasteiger partial charge in [-0.05, 0) is 72.4 Å². The Labute approximate surface area is 268 Å². The molecule has 1 aliphatic carbocycles. The number of nitrogens with one attached hydrogen (secondary N) is 1. The second kappa shape index (κ2) is 12.4. The van der Waals surface area contributed by atoms with Crippen molar-refractivity contribution in [3.63, 3.8) is 0 Å². The Morgan fingerprint density at radius 2 is 1.67 bits per heavy atom. The van der Waals surface area contributed by atoms with Crippen LogP contribution in [0.1, 0.15) is 59.5 Å². The smallest absolute Gasteiger partial charge is 0.265 e. The summed E-state index contributed by atoms with van der Waals surface area (Å²) in [6.07, 6.45) is 7.68. The van der Waals surface area contributed by atoms with E-state index in [1.807, 2.05) is 29.2 Å². The van der Waals surface area contributed by atoms with Crippen molar-refractivity contribution in [2.24, 2.45) is 0 Å². The number of aromatic nitrogens is 1. The van der Waals surface area contributed by atoms with Gasteiger partial charge in [0.05, 0.1) is 37.5 Å². The van der Waals surface area contributed by atoms with Crippen LogP contribution in [0.2, 0.25) is 0 Å². The molecule has 2 fully saturated rings. The molecule has 10 heteroatoms. The number of hydrogen-bond donors (Lipinski definition) is 1. The number of methoxy groups -OCH3 is 1. The number of benzene rings is 3. The minimum absolute atomic E-state index is 0.0218. The highest BCUT2D eigenvalue weighted by molar-refractivity contribution is 7.90. The molecule has 1 aromatic heterocycles. The van der Waals surface area contributed by atoms with E-state index in [1.165, 1.54) is 43.4 Å². The zero-order chi connectivity index (χ0) is 31.8. The third-order valence-electron chi connectivity index (χ3n) is 9.42. The van der Waals surface area contributed by atoms with Crippen molar-refractivity contribution < 1.29 is 27.5 Å². The van der Waals surface area contributed by atoms with E-state index in [4.69, 9.17) is 9.47 Å². The van der Waals surface area contributed by atoms with Gasteiger partial charge in [-0.2, -0.15) is 0 Å². The third-order valence-corrected chi connectivity index (χ3v) is 10.8. The maximum atomic E-state index is 13.9. The van der Waals surface area contributed by atoms with Crippen LogP contribution in [0.15, 0.2) is 77.2 Å². The van der Waals surface area contributed by atoms with Crippen LogP contribution in [0.4, 0.5) is 0 Å². The maximum absolute atomic E-state index is 13.9. The average Bonchev–Trinajstić information content (AvgIpc) is 3.30. The van der Waals surface area contributed by atoms with Crippen LogP contribution in [0.25, 0.3) is 28.2 Å². The van der Waals surface area contributed by atoms with E-state index in [0.717, 1.165) is 53.4 Å². The molecule has 4 aromatic rings. The summed E-state index contributed by atoms with van der Waals surface area (Å²) in [5, 5.41) is 1.03. The van der Waals surface area contributed by atoms with Crippen LogP contribution in [0.5, 0.6) is 5.75 Å². The van der Waals surface area contributed by atoms with Crippen molar-refractivity contribution in [3.8, 4) is 17.0 Å². The van der Waals surface area contributed by atoms with E-state index in [9.17, 15) is 18.0 Å². The summed E-state index contributed by atoms with van der Waals surface area (Å²) in [6.45, 7) is 2.43. The molecule has 2 amide bonds. The summed E-state index contributed by atoms with van der Waals surface area (Å²) in [7, 11) is -2.63. The molecule has 0 spiro atoms. The number of morpholine rings is 1. The highest BCUT2D eigenvalue weighted by Crippen LogP contribution is 2.46. The number of ether oxygens (including phenoxy) is 2. The number of hydrogen-bond acceptors (Lipinski definition) is 6. The van der Waals surface area contributed by atoms with Crippen molar-refractivity contribution in [2.45, 2.75) is 49.5 Å². The van der Waals surface area contributed by atoms with Crippen LogP contribution in [-0.2, 0) is 26.1 Å². The summed E-state index contributed by atoms with van der Waals surface area (Å²) < 4.78 is 41.3. The fourth-order valence-corrected chi connectivity index (χ4v) is 8.09. The Hall–Kier alpha value is -4.41. The molecule has 0 bridgehead atoms.